The van der Waals surface area contributed by atoms with Crippen LogP contribution < -0.4 is 10.3 Å². The van der Waals surface area contributed by atoms with E-state index in [1.807, 2.05) is 18.2 Å². The number of fused-ring (bicyclic) bond motifs is 2. The van der Waals surface area contributed by atoms with Crippen LogP contribution >= 0.6 is 0 Å². The van der Waals surface area contributed by atoms with Gasteiger partial charge in [0.1, 0.15) is 11.5 Å². The molecule has 2 aromatic heterocycles. The van der Waals surface area contributed by atoms with Gasteiger partial charge in [-0.05, 0) is 61.2 Å². The molecule has 0 saturated carbocycles. The molecule has 0 saturated heterocycles. The normalized spacial score (nSPS) is 14.3. The van der Waals surface area contributed by atoms with Gasteiger partial charge in [0.05, 0.1) is 6.61 Å². The maximum atomic E-state index is 13.3. The number of pyridine rings is 2. The van der Waals surface area contributed by atoms with Crippen LogP contribution in [-0.4, -0.2) is 34.6 Å². The molecule has 1 aliphatic heterocycles. The van der Waals surface area contributed by atoms with Gasteiger partial charge in [0, 0.05) is 30.6 Å². The number of benzene rings is 1. The van der Waals surface area contributed by atoms with Crippen molar-refractivity contribution >= 4 is 11.0 Å². The van der Waals surface area contributed by atoms with Gasteiger partial charge in [-0.25, -0.2) is 4.39 Å². The number of unbranched alkanes of at least 4 members (excludes halogenated alkanes) is 1. The third kappa shape index (κ3) is 4.34. The van der Waals surface area contributed by atoms with Crippen LogP contribution in [0, 0.1) is 5.82 Å². The van der Waals surface area contributed by atoms with Gasteiger partial charge in [-0.1, -0.05) is 6.07 Å². The monoisotopic (exact) mass is 367 g/mol. The second-order valence-electron chi connectivity index (χ2n) is 6.90. The second-order valence-corrected chi connectivity index (χ2v) is 6.90. The summed E-state index contributed by atoms with van der Waals surface area (Å²) in [6.07, 6.45) is 2.86. The number of aromatic nitrogens is 2. The summed E-state index contributed by atoms with van der Waals surface area (Å²) >= 11 is 0. The maximum Gasteiger partial charge on any atom is 0.249 e. The van der Waals surface area contributed by atoms with E-state index >= 15 is 0 Å². The Hall–Kier alpha value is -2.73. The van der Waals surface area contributed by atoms with E-state index in [1.165, 1.54) is 11.6 Å². The molecule has 1 N–H and O–H groups in total. The first-order valence-electron chi connectivity index (χ1n) is 9.30. The van der Waals surface area contributed by atoms with Crippen molar-refractivity contribution in [1.82, 2.24) is 14.9 Å². The Bertz CT molecular complexity index is 1000. The highest BCUT2D eigenvalue weighted by Crippen LogP contribution is 2.20. The van der Waals surface area contributed by atoms with Gasteiger partial charge < -0.3 is 9.72 Å². The van der Waals surface area contributed by atoms with E-state index in [0.29, 0.717) is 18.1 Å². The molecule has 0 unspecified atom stereocenters. The summed E-state index contributed by atoms with van der Waals surface area (Å²) < 4.78 is 19.0. The van der Waals surface area contributed by atoms with Crippen LogP contribution in [0.25, 0.3) is 11.0 Å². The predicted octanol–water partition coefficient (Wildman–Crippen LogP) is 3.28. The van der Waals surface area contributed by atoms with E-state index < -0.39 is 0 Å². The second kappa shape index (κ2) is 7.88. The lowest BCUT2D eigenvalue weighted by atomic mass is 9.99. The largest absolute Gasteiger partial charge is 0.478 e. The molecule has 3 aromatic rings. The summed E-state index contributed by atoms with van der Waals surface area (Å²) in [6.45, 7) is 3.44. The van der Waals surface area contributed by atoms with Crippen molar-refractivity contribution in [3.8, 4) is 5.88 Å². The van der Waals surface area contributed by atoms with Crippen molar-refractivity contribution in [3.05, 3.63) is 69.8 Å². The number of hydrogen-bond acceptors (Lipinski definition) is 4. The topological polar surface area (TPSA) is 58.2 Å². The number of ether oxygens (including phenoxy) is 1. The number of nitrogens with one attached hydrogen (secondary N) is 1. The molecule has 1 aliphatic rings. The minimum Gasteiger partial charge on any atom is -0.478 e. The van der Waals surface area contributed by atoms with Crippen molar-refractivity contribution in [2.24, 2.45) is 0 Å². The van der Waals surface area contributed by atoms with E-state index in [4.69, 9.17) is 4.74 Å². The lowest BCUT2D eigenvalue weighted by Gasteiger charge is -2.28. The van der Waals surface area contributed by atoms with Gasteiger partial charge >= 0.3 is 0 Å². The molecule has 0 aliphatic carbocycles. The molecule has 27 heavy (non-hydrogen) atoms. The van der Waals surface area contributed by atoms with Gasteiger partial charge in [-0.15, -0.1) is 0 Å². The molecule has 5 nitrogen and oxygen atoms in total. The van der Waals surface area contributed by atoms with Gasteiger partial charge in [0.2, 0.25) is 11.4 Å². The zero-order chi connectivity index (χ0) is 18.6. The van der Waals surface area contributed by atoms with Crippen molar-refractivity contribution < 1.29 is 9.13 Å². The Balaban J connectivity index is 1.23. The Morgan fingerprint density at radius 3 is 2.93 bits per heavy atom. The first-order chi connectivity index (χ1) is 13.2. The summed E-state index contributed by atoms with van der Waals surface area (Å²) in [5.74, 6) is 0.379. The zero-order valence-electron chi connectivity index (χ0n) is 15.1. The zero-order valence-corrected chi connectivity index (χ0v) is 15.1. The first-order valence-corrected chi connectivity index (χ1v) is 9.30. The molecule has 6 heteroatoms. The van der Waals surface area contributed by atoms with Crippen LogP contribution in [0.1, 0.15) is 24.0 Å². The van der Waals surface area contributed by atoms with Gasteiger partial charge in [-0.2, -0.15) is 4.98 Å². The van der Waals surface area contributed by atoms with Crippen molar-refractivity contribution in [3.63, 3.8) is 0 Å². The number of halogens is 1. The third-order valence-electron chi connectivity index (χ3n) is 4.94. The lowest BCUT2D eigenvalue weighted by molar-refractivity contribution is 0.233. The summed E-state index contributed by atoms with van der Waals surface area (Å²) in [4.78, 5) is 20.8. The Kier molecular flexibility index (Phi) is 5.16. The van der Waals surface area contributed by atoms with Crippen LogP contribution in [0.3, 0.4) is 0 Å². The van der Waals surface area contributed by atoms with Crippen molar-refractivity contribution in [1.29, 1.82) is 0 Å². The number of nitrogens with zero attached hydrogens (tertiary/aromatic N) is 2. The lowest BCUT2D eigenvalue weighted by Crippen LogP contribution is -2.31. The van der Waals surface area contributed by atoms with Crippen LogP contribution in [0.5, 0.6) is 5.88 Å². The smallest absolute Gasteiger partial charge is 0.249 e. The Labute approximate surface area is 156 Å². The standard InChI is InChI=1S/C21H22FN3O2/c22-18-6-3-17-14-25(11-9-16(17)13-18)10-1-2-12-27-20-8-5-15-4-7-19(26)23-21(15)24-20/h3-8,13H,1-2,9-12,14H2,(H,23,24,26). The molecule has 0 atom stereocenters. The molecule has 0 spiro atoms. The van der Waals surface area contributed by atoms with Crippen LogP contribution in [-0.2, 0) is 13.0 Å². The molecule has 0 amide bonds. The number of H-pyrrole nitrogens is 1. The summed E-state index contributed by atoms with van der Waals surface area (Å²) in [7, 11) is 0. The highest BCUT2D eigenvalue weighted by molar-refractivity contribution is 5.74. The minimum absolute atomic E-state index is 0.147. The van der Waals surface area contributed by atoms with Crippen molar-refractivity contribution in [2.75, 3.05) is 19.7 Å². The fraction of sp³-hybridized carbons (Fsp3) is 0.333. The number of rotatable bonds is 6. The highest BCUT2D eigenvalue weighted by atomic mass is 19.1. The molecule has 140 valence electrons. The minimum atomic E-state index is -0.169. The van der Waals surface area contributed by atoms with Gasteiger partial charge in [0.15, 0.2) is 0 Å². The molecule has 0 bridgehead atoms. The molecule has 1 aromatic carbocycles. The van der Waals surface area contributed by atoms with Gasteiger partial charge in [-0.3, -0.25) is 9.69 Å². The molecular weight excluding hydrogens is 345 g/mol. The summed E-state index contributed by atoms with van der Waals surface area (Å²) in [5, 5.41) is 0.882. The Morgan fingerprint density at radius 2 is 2.00 bits per heavy atom. The van der Waals surface area contributed by atoms with Gasteiger partial charge in [0.25, 0.3) is 0 Å². The predicted molar refractivity (Wildman–Crippen MR) is 102 cm³/mol. The van der Waals surface area contributed by atoms with E-state index in [9.17, 15) is 9.18 Å². The van der Waals surface area contributed by atoms with E-state index in [-0.39, 0.29) is 11.4 Å². The summed E-state index contributed by atoms with van der Waals surface area (Å²) in [5.41, 5.74) is 2.74. The molecule has 0 radical (unpaired) electrons. The first kappa shape index (κ1) is 17.7. The molecule has 4 rings (SSSR count). The number of aromatic amines is 1. The quantitative estimate of drug-likeness (QED) is 0.680. The fourth-order valence-corrected chi connectivity index (χ4v) is 3.48. The average molecular weight is 367 g/mol. The van der Waals surface area contributed by atoms with Crippen LogP contribution in [0.15, 0.2) is 47.3 Å². The Morgan fingerprint density at radius 1 is 1.11 bits per heavy atom. The molecule has 3 heterocycles. The highest BCUT2D eigenvalue weighted by Gasteiger charge is 2.16. The summed E-state index contributed by atoms with van der Waals surface area (Å²) in [6, 6.07) is 12.0. The van der Waals surface area contributed by atoms with E-state index in [0.717, 1.165) is 49.8 Å². The van der Waals surface area contributed by atoms with Crippen molar-refractivity contribution in [2.45, 2.75) is 25.8 Å². The molecular formula is C21H22FN3O2. The third-order valence-corrected chi connectivity index (χ3v) is 4.94. The maximum absolute atomic E-state index is 13.3. The van der Waals surface area contributed by atoms with Crippen LogP contribution in [0.4, 0.5) is 4.39 Å². The fourth-order valence-electron chi connectivity index (χ4n) is 3.48. The van der Waals surface area contributed by atoms with E-state index in [2.05, 4.69) is 14.9 Å². The molecule has 0 fully saturated rings. The number of hydrogen-bond donors (Lipinski definition) is 1. The SMILES string of the molecule is O=c1ccc2ccc(OCCCCN3CCc4cc(F)ccc4C3)nc2[nH]1. The van der Waals surface area contributed by atoms with E-state index in [1.54, 1.807) is 18.2 Å². The average Bonchev–Trinajstić information content (AvgIpc) is 2.67. The van der Waals surface area contributed by atoms with Crippen LogP contribution in [0.2, 0.25) is 0 Å².